The van der Waals surface area contributed by atoms with E-state index in [1.165, 1.54) is 29.9 Å². The van der Waals surface area contributed by atoms with Crippen LogP contribution in [0, 0.1) is 5.82 Å². The molecule has 0 unspecified atom stereocenters. The van der Waals surface area contributed by atoms with E-state index in [2.05, 4.69) is 0 Å². The average molecular weight is 370 g/mol. The lowest BCUT2D eigenvalue weighted by atomic mass is 10.2. The average Bonchev–Trinajstić information content (AvgIpc) is 2.68. The molecule has 0 aliphatic carbocycles. The van der Waals surface area contributed by atoms with E-state index in [4.69, 9.17) is 9.57 Å². The first-order chi connectivity index (χ1) is 13.0. The van der Waals surface area contributed by atoms with Crippen molar-refractivity contribution in [3.05, 3.63) is 76.3 Å². The van der Waals surface area contributed by atoms with E-state index in [1.54, 1.807) is 24.3 Å². The molecule has 0 radical (unpaired) electrons. The molecule has 1 aromatic heterocycles. The van der Waals surface area contributed by atoms with Crippen molar-refractivity contribution in [2.45, 2.75) is 6.54 Å². The molecule has 0 atom stereocenters. The maximum atomic E-state index is 12.9. The summed E-state index contributed by atoms with van der Waals surface area (Å²) in [6.07, 6.45) is 0. The molecule has 1 N–H and O–H groups in total. The summed E-state index contributed by atoms with van der Waals surface area (Å²) in [4.78, 5) is 40.9. The third kappa shape index (κ3) is 3.95. The van der Waals surface area contributed by atoms with Crippen molar-refractivity contribution >= 4 is 22.8 Å². The predicted molar refractivity (Wildman–Crippen MR) is 94.7 cm³/mol. The molecule has 3 rings (SSSR count). The molecule has 2 aromatic carbocycles. The molecule has 3 aromatic rings. The van der Waals surface area contributed by atoms with Gasteiger partial charge >= 0.3 is 5.97 Å². The van der Waals surface area contributed by atoms with Crippen LogP contribution in [0.3, 0.4) is 0 Å². The van der Waals surface area contributed by atoms with Gasteiger partial charge in [-0.1, -0.05) is 12.1 Å². The van der Waals surface area contributed by atoms with Crippen molar-refractivity contribution in [2.75, 3.05) is 7.11 Å². The van der Waals surface area contributed by atoms with Crippen LogP contribution in [0.25, 0.3) is 10.9 Å². The predicted octanol–water partition coefficient (Wildman–Crippen LogP) is 2.04. The van der Waals surface area contributed by atoms with Gasteiger partial charge in [0.05, 0.1) is 12.6 Å². The highest BCUT2D eigenvalue weighted by Crippen LogP contribution is 2.23. The number of ether oxygens (including phenoxy) is 1. The monoisotopic (exact) mass is 370 g/mol. The van der Waals surface area contributed by atoms with Gasteiger partial charge in [-0.2, -0.15) is 5.48 Å². The third-order valence-electron chi connectivity index (χ3n) is 3.84. The largest absolute Gasteiger partial charge is 0.495 e. The number of rotatable bonds is 4. The number of halogens is 1. The quantitative estimate of drug-likeness (QED) is 0.710. The van der Waals surface area contributed by atoms with Crippen molar-refractivity contribution in [1.82, 2.24) is 10.0 Å². The van der Waals surface area contributed by atoms with Crippen molar-refractivity contribution < 1.29 is 23.6 Å². The SMILES string of the molecule is COc1cccc2ccc(=O)n(CC(=O)ONC(=O)c3ccc(F)cc3)c12. The van der Waals surface area contributed by atoms with Gasteiger partial charge in [0.2, 0.25) is 0 Å². The standard InChI is InChI=1S/C19H15FN2O5/c1-26-15-4-2-3-12-7-10-16(23)22(18(12)15)11-17(24)27-21-19(25)13-5-8-14(20)9-6-13/h2-10H,11H2,1H3,(H,21,25). The van der Waals surface area contributed by atoms with Crippen LogP contribution in [0.2, 0.25) is 0 Å². The molecule has 138 valence electrons. The number of methoxy groups -OCH3 is 1. The minimum Gasteiger partial charge on any atom is -0.495 e. The number of hydrogen-bond donors (Lipinski definition) is 1. The zero-order valence-electron chi connectivity index (χ0n) is 14.3. The van der Waals surface area contributed by atoms with Gasteiger partial charge in [0.25, 0.3) is 11.5 Å². The molecule has 8 heteroatoms. The lowest BCUT2D eigenvalue weighted by Crippen LogP contribution is -2.31. The highest BCUT2D eigenvalue weighted by molar-refractivity contribution is 5.94. The summed E-state index contributed by atoms with van der Waals surface area (Å²) in [6, 6.07) is 12.9. The molecule has 0 spiro atoms. The Bertz CT molecular complexity index is 1060. The number of benzene rings is 2. The molecule has 1 amide bonds. The van der Waals surface area contributed by atoms with E-state index in [0.717, 1.165) is 12.1 Å². The maximum Gasteiger partial charge on any atom is 0.351 e. The Labute approximate surface area is 152 Å². The minimum absolute atomic E-state index is 0.119. The summed E-state index contributed by atoms with van der Waals surface area (Å²) < 4.78 is 19.3. The number of hydroxylamine groups is 1. The lowest BCUT2D eigenvalue weighted by Gasteiger charge is -2.12. The zero-order chi connectivity index (χ0) is 19.4. The van der Waals surface area contributed by atoms with Crippen LogP contribution in [0.4, 0.5) is 4.39 Å². The number of fused-ring (bicyclic) bond motifs is 1. The number of carbonyl (C=O) groups is 2. The second-order valence-electron chi connectivity index (χ2n) is 5.57. The first-order valence-electron chi connectivity index (χ1n) is 7.92. The van der Waals surface area contributed by atoms with Crippen LogP contribution in [-0.4, -0.2) is 23.6 Å². The Morgan fingerprint density at radius 2 is 1.81 bits per heavy atom. The Kier molecular flexibility index (Phi) is 5.16. The van der Waals surface area contributed by atoms with Gasteiger partial charge in [-0.25, -0.2) is 9.18 Å². The van der Waals surface area contributed by atoms with Crippen molar-refractivity contribution in [3.8, 4) is 5.75 Å². The maximum absolute atomic E-state index is 12.9. The van der Waals surface area contributed by atoms with Gasteiger partial charge in [-0.3, -0.25) is 14.2 Å². The summed E-state index contributed by atoms with van der Waals surface area (Å²) in [5.41, 5.74) is 2.11. The van der Waals surface area contributed by atoms with E-state index < -0.39 is 29.8 Å². The van der Waals surface area contributed by atoms with Crippen LogP contribution in [0.5, 0.6) is 5.75 Å². The molecule has 0 saturated carbocycles. The molecule has 1 heterocycles. The summed E-state index contributed by atoms with van der Waals surface area (Å²) in [5, 5.41) is 0.706. The number of carbonyl (C=O) groups excluding carboxylic acids is 2. The fourth-order valence-corrected chi connectivity index (χ4v) is 2.57. The minimum atomic E-state index is -0.856. The number of para-hydroxylation sites is 1. The zero-order valence-corrected chi connectivity index (χ0v) is 14.3. The van der Waals surface area contributed by atoms with Crippen molar-refractivity contribution in [1.29, 1.82) is 0 Å². The first kappa shape index (κ1) is 18.1. The number of pyridine rings is 1. The molecule has 27 heavy (non-hydrogen) atoms. The highest BCUT2D eigenvalue weighted by Gasteiger charge is 2.14. The van der Waals surface area contributed by atoms with E-state index in [9.17, 15) is 18.8 Å². The van der Waals surface area contributed by atoms with Gasteiger partial charge in [-0.05, 0) is 36.4 Å². The first-order valence-corrected chi connectivity index (χ1v) is 7.92. The van der Waals surface area contributed by atoms with E-state index in [0.29, 0.717) is 16.7 Å². The number of aromatic nitrogens is 1. The fourth-order valence-electron chi connectivity index (χ4n) is 2.57. The number of hydrogen-bond acceptors (Lipinski definition) is 5. The Morgan fingerprint density at radius 1 is 1.07 bits per heavy atom. The van der Waals surface area contributed by atoms with Gasteiger partial charge in [0.15, 0.2) is 0 Å². The Balaban J connectivity index is 1.76. The molecule has 0 fully saturated rings. The summed E-state index contributed by atoms with van der Waals surface area (Å²) in [6.45, 7) is -0.430. The van der Waals surface area contributed by atoms with E-state index in [1.807, 2.05) is 5.48 Å². The van der Waals surface area contributed by atoms with Crippen LogP contribution in [-0.2, 0) is 16.2 Å². The topological polar surface area (TPSA) is 86.6 Å². The van der Waals surface area contributed by atoms with Crippen molar-refractivity contribution in [3.63, 3.8) is 0 Å². The number of nitrogens with zero attached hydrogens (tertiary/aromatic N) is 1. The highest BCUT2D eigenvalue weighted by atomic mass is 19.1. The van der Waals surface area contributed by atoms with Crippen LogP contribution in [0.1, 0.15) is 10.4 Å². The molecular weight excluding hydrogens is 355 g/mol. The Hall–Kier alpha value is -3.68. The molecule has 0 saturated heterocycles. The number of nitrogens with one attached hydrogen (secondary N) is 1. The molecule has 7 nitrogen and oxygen atoms in total. The molecule has 0 aliphatic heterocycles. The van der Waals surface area contributed by atoms with Crippen molar-refractivity contribution in [2.24, 2.45) is 0 Å². The van der Waals surface area contributed by atoms with Crippen LogP contribution < -0.4 is 15.8 Å². The lowest BCUT2D eigenvalue weighted by molar-refractivity contribution is -0.149. The third-order valence-corrected chi connectivity index (χ3v) is 3.84. The summed E-state index contributed by atoms with van der Waals surface area (Å²) in [7, 11) is 1.46. The normalized spacial score (nSPS) is 10.4. The summed E-state index contributed by atoms with van der Waals surface area (Å²) >= 11 is 0. The molecule has 0 aliphatic rings. The van der Waals surface area contributed by atoms with Crippen LogP contribution in [0.15, 0.2) is 59.4 Å². The van der Waals surface area contributed by atoms with E-state index in [-0.39, 0.29) is 5.56 Å². The van der Waals surface area contributed by atoms with Gasteiger partial charge in [0.1, 0.15) is 18.1 Å². The smallest absolute Gasteiger partial charge is 0.351 e. The Morgan fingerprint density at radius 3 is 2.52 bits per heavy atom. The van der Waals surface area contributed by atoms with E-state index >= 15 is 0 Å². The fraction of sp³-hybridized carbons (Fsp3) is 0.105. The van der Waals surface area contributed by atoms with Crippen LogP contribution >= 0.6 is 0 Å². The second kappa shape index (κ2) is 7.69. The van der Waals surface area contributed by atoms with Gasteiger partial charge < -0.3 is 9.57 Å². The molecule has 0 bridgehead atoms. The summed E-state index contributed by atoms with van der Waals surface area (Å²) in [5.74, 6) is -1.64. The molecular formula is C19H15FN2O5. The van der Waals surface area contributed by atoms with Gasteiger partial charge in [-0.15, -0.1) is 0 Å². The second-order valence-corrected chi connectivity index (χ2v) is 5.57. The number of amides is 1. The van der Waals surface area contributed by atoms with Gasteiger partial charge in [0, 0.05) is 17.0 Å².